The third-order valence-electron chi connectivity index (χ3n) is 4.51. The third-order valence-corrected chi connectivity index (χ3v) is 7.03. The monoisotopic (exact) mass is 488 g/mol. The van der Waals surface area contributed by atoms with Gasteiger partial charge in [0.05, 0.1) is 19.1 Å². The van der Waals surface area contributed by atoms with Crippen LogP contribution in [0.25, 0.3) is 5.57 Å². The van der Waals surface area contributed by atoms with Gasteiger partial charge in [-0.05, 0) is 37.1 Å². The Labute approximate surface area is 184 Å². The van der Waals surface area contributed by atoms with Crippen LogP contribution < -0.4 is 5.73 Å². The summed E-state index contributed by atoms with van der Waals surface area (Å²) < 4.78 is 31.5. The normalized spacial score (nSPS) is 16.9. The molecule has 1 atom stereocenters. The van der Waals surface area contributed by atoms with Gasteiger partial charge in [0, 0.05) is 10.0 Å². The number of ether oxygens (including phenoxy) is 1. The maximum atomic E-state index is 13.7. The van der Waals surface area contributed by atoms with Gasteiger partial charge >= 0.3 is 7.60 Å². The molecule has 0 amide bonds. The van der Waals surface area contributed by atoms with Crippen LogP contribution in [0.4, 0.5) is 0 Å². The average Bonchev–Trinajstić information content (AvgIpc) is 2.74. The summed E-state index contributed by atoms with van der Waals surface area (Å²) >= 11 is 3.48. The zero-order chi connectivity index (χ0) is 21.7. The van der Waals surface area contributed by atoms with Crippen molar-refractivity contribution in [2.75, 3.05) is 13.2 Å². The highest BCUT2D eigenvalue weighted by Crippen LogP contribution is 2.63. The van der Waals surface area contributed by atoms with E-state index < -0.39 is 13.5 Å². The topological polar surface area (TPSA) is 94.6 Å². The summed E-state index contributed by atoms with van der Waals surface area (Å²) in [5.41, 5.74) is 8.44. The fraction of sp³-hybridized carbons (Fsp3) is 0.227. The number of allylic oxidation sites excluding steroid dienone is 2. The fourth-order valence-corrected chi connectivity index (χ4v) is 5.54. The average molecular weight is 489 g/mol. The van der Waals surface area contributed by atoms with Crippen molar-refractivity contribution in [2.45, 2.75) is 19.8 Å². The third kappa shape index (κ3) is 4.38. The molecule has 0 aliphatic carbocycles. The van der Waals surface area contributed by atoms with E-state index in [2.05, 4.69) is 22.0 Å². The van der Waals surface area contributed by atoms with Crippen LogP contribution in [0.2, 0.25) is 0 Å². The molecule has 0 fully saturated rings. The minimum Gasteiger partial charge on any atom is -0.432 e. The van der Waals surface area contributed by atoms with Crippen LogP contribution >= 0.6 is 23.5 Å². The van der Waals surface area contributed by atoms with Gasteiger partial charge in [-0.1, -0.05) is 58.4 Å². The molecular formula is C22H22BrN2O4P. The molecule has 8 heteroatoms. The van der Waals surface area contributed by atoms with E-state index in [4.69, 9.17) is 19.5 Å². The smallest absolute Gasteiger partial charge is 0.396 e. The van der Waals surface area contributed by atoms with Gasteiger partial charge in [-0.3, -0.25) is 4.57 Å². The molecule has 2 aromatic rings. The molecule has 1 aliphatic heterocycles. The number of benzene rings is 2. The first kappa shape index (κ1) is 22.3. The van der Waals surface area contributed by atoms with Gasteiger partial charge < -0.3 is 19.5 Å². The molecule has 2 aromatic carbocycles. The molecular weight excluding hydrogens is 467 g/mol. The Kier molecular flexibility index (Phi) is 7.17. The molecule has 0 radical (unpaired) electrons. The molecule has 0 bridgehead atoms. The van der Waals surface area contributed by atoms with Crippen LogP contribution in [0.3, 0.4) is 0 Å². The number of nitrogens with two attached hydrogens (primary N) is 1. The van der Waals surface area contributed by atoms with Crippen molar-refractivity contribution in [3.8, 4) is 6.07 Å². The van der Waals surface area contributed by atoms with Crippen molar-refractivity contribution in [1.29, 1.82) is 5.26 Å². The lowest BCUT2D eigenvalue weighted by atomic mass is 9.81. The Balaban J connectivity index is 2.37. The zero-order valence-corrected chi connectivity index (χ0v) is 19.2. The van der Waals surface area contributed by atoms with Crippen molar-refractivity contribution in [1.82, 2.24) is 0 Å². The number of nitriles is 1. The van der Waals surface area contributed by atoms with E-state index in [0.717, 1.165) is 15.6 Å². The van der Waals surface area contributed by atoms with E-state index in [1.54, 1.807) is 13.8 Å². The molecule has 0 aromatic heterocycles. The Hall–Kier alpha value is -2.36. The molecule has 0 saturated heterocycles. The first-order valence-corrected chi connectivity index (χ1v) is 11.8. The van der Waals surface area contributed by atoms with Gasteiger partial charge in [0.2, 0.25) is 11.4 Å². The molecule has 0 saturated carbocycles. The number of nitrogens with zero attached hydrogens (tertiary/aromatic N) is 1. The second-order valence-corrected chi connectivity index (χ2v) is 9.23. The van der Waals surface area contributed by atoms with E-state index >= 15 is 0 Å². The lowest BCUT2D eigenvalue weighted by molar-refractivity contribution is 0.199. The Morgan fingerprint density at radius 2 is 1.80 bits per heavy atom. The molecule has 1 unspecified atom stereocenters. The highest BCUT2D eigenvalue weighted by Gasteiger charge is 2.43. The first-order valence-electron chi connectivity index (χ1n) is 9.47. The van der Waals surface area contributed by atoms with E-state index in [9.17, 15) is 9.83 Å². The van der Waals surface area contributed by atoms with Gasteiger partial charge in [0.15, 0.2) is 0 Å². The van der Waals surface area contributed by atoms with Crippen LogP contribution in [0.5, 0.6) is 0 Å². The van der Waals surface area contributed by atoms with E-state index in [0.29, 0.717) is 5.57 Å². The second-order valence-electron chi connectivity index (χ2n) is 6.40. The number of rotatable bonds is 7. The number of hydrogen-bond donors (Lipinski definition) is 1. The Morgan fingerprint density at radius 1 is 1.13 bits per heavy atom. The molecule has 0 spiro atoms. The second kappa shape index (κ2) is 9.63. The van der Waals surface area contributed by atoms with Crippen LogP contribution in [0.15, 0.2) is 76.0 Å². The summed E-state index contributed by atoms with van der Waals surface area (Å²) in [6.45, 7) is 3.76. The SMILES string of the molecule is CCOP(=O)(OCC)C1=C(c2ccccc2)C(c2cccc(Br)c2)C(C#N)=C(N)O1. The molecule has 6 nitrogen and oxygen atoms in total. The minimum atomic E-state index is -3.84. The summed E-state index contributed by atoms with van der Waals surface area (Å²) in [6, 6.07) is 19.0. The number of hydrogen-bond acceptors (Lipinski definition) is 6. The molecule has 2 N–H and O–H groups in total. The van der Waals surface area contributed by atoms with Gasteiger partial charge in [0.1, 0.15) is 11.6 Å². The van der Waals surface area contributed by atoms with Gasteiger partial charge in [0.25, 0.3) is 0 Å². The molecule has 30 heavy (non-hydrogen) atoms. The highest BCUT2D eigenvalue weighted by molar-refractivity contribution is 9.10. The minimum absolute atomic E-state index is 0.0128. The largest absolute Gasteiger partial charge is 0.432 e. The lowest BCUT2D eigenvalue weighted by Crippen LogP contribution is -2.21. The maximum absolute atomic E-state index is 13.7. The number of halogens is 1. The van der Waals surface area contributed by atoms with Crippen LogP contribution in [-0.4, -0.2) is 13.2 Å². The van der Waals surface area contributed by atoms with E-state index in [1.165, 1.54) is 0 Å². The van der Waals surface area contributed by atoms with Gasteiger partial charge in [-0.25, -0.2) is 0 Å². The molecule has 1 aliphatic rings. The summed E-state index contributed by atoms with van der Waals surface area (Å²) in [7, 11) is -3.84. The Morgan fingerprint density at radius 3 is 2.37 bits per heavy atom. The highest BCUT2D eigenvalue weighted by atomic mass is 79.9. The predicted molar refractivity (Wildman–Crippen MR) is 119 cm³/mol. The lowest BCUT2D eigenvalue weighted by Gasteiger charge is -2.32. The molecule has 156 valence electrons. The van der Waals surface area contributed by atoms with Crippen molar-refractivity contribution in [3.05, 3.63) is 87.2 Å². The first-order chi connectivity index (χ1) is 14.4. The standard InChI is InChI=1S/C22H22BrN2O4P/c1-3-27-30(26,28-4-2)22-20(15-9-6-5-7-10-15)19(18(14-24)21(25)29-22)16-11-8-12-17(23)13-16/h5-13,19H,3-4,25H2,1-2H3. The summed E-state index contributed by atoms with van der Waals surface area (Å²) in [5, 5.41) is 9.89. The molecule has 3 rings (SSSR count). The maximum Gasteiger partial charge on any atom is 0.396 e. The van der Waals surface area contributed by atoms with Gasteiger partial charge in [-0.15, -0.1) is 0 Å². The van der Waals surface area contributed by atoms with Gasteiger partial charge in [-0.2, -0.15) is 5.26 Å². The van der Waals surface area contributed by atoms with Crippen LogP contribution in [-0.2, 0) is 18.3 Å². The van der Waals surface area contributed by atoms with E-state index in [-0.39, 0.29) is 30.2 Å². The van der Waals surface area contributed by atoms with Crippen molar-refractivity contribution in [2.24, 2.45) is 5.73 Å². The van der Waals surface area contributed by atoms with Crippen LogP contribution in [0, 0.1) is 11.3 Å². The van der Waals surface area contributed by atoms with Crippen molar-refractivity contribution >= 4 is 29.1 Å². The summed E-state index contributed by atoms with van der Waals surface area (Å²) in [5.74, 6) is -0.718. The zero-order valence-electron chi connectivity index (χ0n) is 16.7. The van der Waals surface area contributed by atoms with E-state index in [1.807, 2.05) is 54.6 Å². The fourth-order valence-electron chi connectivity index (χ4n) is 3.37. The quantitative estimate of drug-likeness (QED) is 0.488. The molecule has 1 heterocycles. The summed E-state index contributed by atoms with van der Waals surface area (Å²) in [4.78, 5) is 0. The summed E-state index contributed by atoms with van der Waals surface area (Å²) in [6.07, 6.45) is 0. The van der Waals surface area contributed by atoms with Crippen molar-refractivity contribution < 1.29 is 18.3 Å². The predicted octanol–water partition coefficient (Wildman–Crippen LogP) is 5.89. The Bertz CT molecular complexity index is 1070. The van der Waals surface area contributed by atoms with Crippen LogP contribution in [0.1, 0.15) is 30.9 Å². The van der Waals surface area contributed by atoms with Crippen molar-refractivity contribution in [3.63, 3.8) is 0 Å².